The van der Waals surface area contributed by atoms with E-state index in [1.165, 1.54) is 0 Å². The number of rotatable bonds is 0. The first kappa shape index (κ1) is 32.5. The van der Waals surface area contributed by atoms with Gasteiger partial charge in [0.15, 0.2) is 0 Å². The van der Waals surface area contributed by atoms with Crippen LogP contribution in [-0.2, 0) is 54.0 Å². The van der Waals surface area contributed by atoms with Crippen LogP contribution in [0.3, 0.4) is 0 Å². The summed E-state index contributed by atoms with van der Waals surface area (Å²) >= 11 is 0. The zero-order valence-corrected chi connectivity index (χ0v) is 33.4. The summed E-state index contributed by atoms with van der Waals surface area (Å²) in [7, 11) is 13.7. The first-order valence-electron chi connectivity index (χ1n) is 2.45. The van der Waals surface area contributed by atoms with E-state index in [0.717, 1.165) is 0 Å². The molecule has 4 bridgehead atoms. The summed E-state index contributed by atoms with van der Waals surface area (Å²) < 4.78 is 0. The van der Waals surface area contributed by atoms with Gasteiger partial charge in [-0.15, -0.1) is 0 Å². The van der Waals surface area contributed by atoms with Crippen LogP contribution in [0.5, 0.6) is 0 Å². The molecule has 0 aromatic heterocycles. The van der Waals surface area contributed by atoms with Gasteiger partial charge in [0.05, 0.1) is 0 Å². The molecule has 4 rings (SSSR count). The van der Waals surface area contributed by atoms with Gasteiger partial charge in [-0.1, -0.05) is 0 Å². The molecule has 0 nitrogen and oxygen atoms in total. The van der Waals surface area contributed by atoms with Crippen LogP contribution >= 0.6 is 50.5 Å². The van der Waals surface area contributed by atoms with Crippen molar-refractivity contribution in [2.45, 2.75) is 0 Å². The molecule has 0 aromatic carbocycles. The predicted octanol–water partition coefficient (Wildman–Crippen LogP) is 0.524. The van der Waals surface area contributed by atoms with Crippen molar-refractivity contribution in [3.05, 3.63) is 0 Å². The van der Waals surface area contributed by atoms with Crippen molar-refractivity contribution in [1.82, 2.24) is 0 Å². The number of hydrogen-bond acceptors (Lipinski definition) is 10. The van der Waals surface area contributed by atoms with Gasteiger partial charge in [0.25, 0.3) is 0 Å². The molecule has 16 heteroatoms. The topological polar surface area (TPSA) is 0 Å². The molecule has 4 aliphatic heterocycles. The normalized spacial score (nSPS) is 22.5. The molecule has 16 heavy (non-hydrogen) atoms. The Morgan fingerprint density at radius 2 is 0.500 bits per heavy atom. The first-order valence-corrected chi connectivity index (χ1v) is 38.2. The monoisotopic (exact) mass is 895 g/mol. The van der Waals surface area contributed by atoms with E-state index in [1.807, 2.05) is 0 Å². The first-order chi connectivity index (χ1) is 4.90. The number of hydrogen-bond donors (Lipinski definition) is 0. The van der Waals surface area contributed by atoms with Gasteiger partial charge in [-0.3, -0.25) is 0 Å². The molecule has 0 saturated carbocycles. The van der Waals surface area contributed by atoms with E-state index in [1.54, 1.807) is 0 Å². The minimum atomic E-state index is -0.427. The van der Waals surface area contributed by atoms with Gasteiger partial charge in [-0.25, -0.2) is 0 Å². The molecule has 0 spiro atoms. The summed E-state index contributed by atoms with van der Waals surface area (Å²) in [5.41, 5.74) is 0. The summed E-state index contributed by atoms with van der Waals surface area (Å²) in [4.78, 5) is 0. The summed E-state index contributed by atoms with van der Waals surface area (Å²) in [6.07, 6.45) is 0. The molecule has 0 N–H and O–H groups in total. The molecule has 84 valence electrons. The Hall–Kier alpha value is 8.81. The van der Waals surface area contributed by atoms with Crippen LogP contribution in [0.4, 0.5) is 0 Å². The molecule has 4 heterocycles. The Morgan fingerprint density at radius 1 is 0.375 bits per heavy atom. The predicted molar refractivity (Wildman–Crippen MR) is 115 cm³/mol. The van der Waals surface area contributed by atoms with Crippen LogP contribution in [-0.4, -0.2) is 141 Å². The molecular weight excluding hydrogens is 886 g/mol. The van der Waals surface area contributed by atoms with Crippen molar-refractivity contribution in [3.63, 3.8) is 0 Å². The van der Waals surface area contributed by atoms with Crippen LogP contribution in [0.1, 0.15) is 0 Å². The van der Waals surface area contributed by atoms with Crippen LogP contribution in [0.25, 0.3) is 0 Å². The van der Waals surface area contributed by atoms with E-state index in [4.69, 9.17) is 0 Å². The van der Waals surface area contributed by atoms with E-state index in [2.05, 4.69) is 50.5 Å². The third-order valence-electron chi connectivity index (χ3n) is 1.000. The Morgan fingerprint density at radius 3 is 0.625 bits per heavy atom. The molecule has 0 aliphatic carbocycles. The number of thiol groups is 4. The fraction of sp³-hybridized carbons (Fsp3) is 0. The van der Waals surface area contributed by atoms with Gasteiger partial charge in [0.1, 0.15) is 0 Å². The second kappa shape index (κ2) is 17.2. The summed E-state index contributed by atoms with van der Waals surface area (Å²) in [5, 5.41) is 0. The molecule has 0 aromatic rings. The van der Waals surface area contributed by atoms with Crippen LogP contribution in [0.15, 0.2) is 0 Å². The molecule has 4 saturated heterocycles. The summed E-state index contributed by atoms with van der Waals surface area (Å²) in [5.74, 6) is 0. The van der Waals surface area contributed by atoms with E-state index in [9.17, 15) is 0 Å². The van der Waals surface area contributed by atoms with Gasteiger partial charge >= 0.3 is 192 Å². The summed E-state index contributed by atoms with van der Waals surface area (Å²) in [6.45, 7) is 0. The molecule has 0 unspecified atom stereocenters. The van der Waals surface area contributed by atoms with Gasteiger partial charge in [-0.05, 0) is 0 Å². The minimum absolute atomic E-state index is 0. The van der Waals surface area contributed by atoms with Crippen molar-refractivity contribution >= 4 is 246 Å². The zero-order chi connectivity index (χ0) is 6.55. The molecular formula is H4Ba2Ge4S10. The summed E-state index contributed by atoms with van der Waals surface area (Å²) in [6, 6.07) is 0. The average Bonchev–Trinajstić information content (AvgIpc) is 1.82. The molecule has 4 radical (unpaired) electrons. The SMILES string of the molecule is [Ba+2].[Ba+2].[SH-].[SH-].[SH-].[SH-].[S]1[Ge]2[S][Ge]3[S][Ge]1[S][Ge]([S]2)[S]3. The van der Waals surface area contributed by atoms with Crippen LogP contribution in [0.2, 0.25) is 0 Å². The third kappa shape index (κ3) is 10.1. The van der Waals surface area contributed by atoms with Gasteiger partial charge in [0, 0.05) is 0 Å². The van der Waals surface area contributed by atoms with E-state index in [0.29, 0.717) is 0 Å². The maximum atomic E-state index is 2.56. The second-order valence-electron chi connectivity index (χ2n) is 1.61. The Bertz CT molecular complexity index is 112. The third-order valence-corrected chi connectivity index (χ3v) is 243. The molecule has 4 aliphatic rings. The molecule has 4 fully saturated rings. The Kier molecular flexibility index (Phi) is 35.0. The standard InChI is InChI=1S/2Ba.Ge4S6.4H2S/c;;5-1-6-3-8-2(5)9-4(7-1)10-3;;;;/h;;;4*1H2/q2*+2;;;;;/p-4. The van der Waals surface area contributed by atoms with Crippen molar-refractivity contribution in [1.29, 1.82) is 0 Å². The van der Waals surface area contributed by atoms with E-state index in [-0.39, 0.29) is 152 Å². The van der Waals surface area contributed by atoms with Crippen LogP contribution < -0.4 is 0 Å². The van der Waals surface area contributed by atoms with Crippen molar-refractivity contribution in [2.24, 2.45) is 0 Å². The van der Waals surface area contributed by atoms with E-state index >= 15 is 0 Å². The van der Waals surface area contributed by atoms with Crippen LogP contribution in [0, 0.1) is 0 Å². The fourth-order valence-electron chi connectivity index (χ4n) is 0.658. The Labute approximate surface area is 238 Å². The van der Waals surface area contributed by atoms with Crippen molar-refractivity contribution in [2.75, 3.05) is 0 Å². The van der Waals surface area contributed by atoms with Gasteiger partial charge in [-0.2, -0.15) is 0 Å². The zero-order valence-electron chi connectivity index (χ0n) is 7.65. The van der Waals surface area contributed by atoms with Gasteiger partial charge < -0.3 is 54.0 Å². The van der Waals surface area contributed by atoms with Crippen molar-refractivity contribution < 1.29 is 0 Å². The molecule has 0 atom stereocenters. The Balaban J connectivity index is -0.000000120. The second-order valence-corrected chi connectivity index (χ2v) is 96.4. The maximum absolute atomic E-state index is 2.56. The average molecular weight is 890 g/mol. The van der Waals surface area contributed by atoms with Crippen molar-refractivity contribution in [3.8, 4) is 0 Å². The van der Waals surface area contributed by atoms with E-state index < -0.39 is 43.7 Å². The molecule has 0 amide bonds. The quantitative estimate of drug-likeness (QED) is 0.191. The van der Waals surface area contributed by atoms with Gasteiger partial charge in [0.2, 0.25) is 0 Å². The fourth-order valence-corrected chi connectivity index (χ4v) is 613.